The lowest BCUT2D eigenvalue weighted by Crippen LogP contribution is -2.47. The third-order valence-electron chi connectivity index (χ3n) is 5.52. The van der Waals surface area contributed by atoms with Crippen LogP contribution < -0.4 is 10.6 Å². The first kappa shape index (κ1) is 18.2. The van der Waals surface area contributed by atoms with E-state index in [9.17, 15) is 4.79 Å². The van der Waals surface area contributed by atoms with Crippen molar-refractivity contribution in [2.24, 2.45) is 11.3 Å². The van der Waals surface area contributed by atoms with Crippen molar-refractivity contribution in [1.82, 2.24) is 25.4 Å². The van der Waals surface area contributed by atoms with Gasteiger partial charge in [0.05, 0.1) is 12.6 Å². The van der Waals surface area contributed by atoms with Crippen LogP contribution in [0.4, 0.5) is 4.79 Å². The molecule has 25 heavy (non-hydrogen) atoms. The summed E-state index contributed by atoms with van der Waals surface area (Å²) in [6, 6.07) is 0.0467. The predicted octanol–water partition coefficient (Wildman–Crippen LogP) is 2.25. The average Bonchev–Trinajstić information content (AvgIpc) is 2.96. The van der Waals surface area contributed by atoms with Gasteiger partial charge in [0.1, 0.15) is 12.4 Å². The van der Waals surface area contributed by atoms with Crippen molar-refractivity contribution in [2.75, 3.05) is 13.7 Å². The number of ether oxygens (including phenoxy) is 1. The summed E-state index contributed by atoms with van der Waals surface area (Å²) in [7, 11) is 1.64. The first-order valence-corrected chi connectivity index (χ1v) is 9.41. The summed E-state index contributed by atoms with van der Waals surface area (Å²) in [5.74, 6) is 2.31. The van der Waals surface area contributed by atoms with Gasteiger partial charge in [-0.2, -0.15) is 5.10 Å². The lowest BCUT2D eigenvalue weighted by molar-refractivity contribution is 0.177. The summed E-state index contributed by atoms with van der Waals surface area (Å²) in [6.45, 7) is 6.56. The Balaban J connectivity index is 1.41. The fourth-order valence-corrected chi connectivity index (χ4v) is 3.81. The number of aryl methyl sites for hydroxylation is 1. The van der Waals surface area contributed by atoms with Gasteiger partial charge in [-0.3, -0.25) is 0 Å². The Morgan fingerprint density at radius 3 is 2.80 bits per heavy atom. The van der Waals surface area contributed by atoms with Gasteiger partial charge in [0, 0.05) is 20.1 Å². The van der Waals surface area contributed by atoms with Crippen molar-refractivity contribution < 1.29 is 9.53 Å². The van der Waals surface area contributed by atoms with Crippen LogP contribution >= 0.6 is 0 Å². The summed E-state index contributed by atoms with van der Waals surface area (Å²) in [6.07, 6.45) is 6.66. The Bertz CT molecular complexity index is 588. The molecule has 1 aliphatic heterocycles. The van der Waals surface area contributed by atoms with E-state index >= 15 is 0 Å². The molecular weight excluding hydrogens is 318 g/mol. The minimum absolute atomic E-state index is 0.0597. The first-order valence-electron chi connectivity index (χ1n) is 9.41. The summed E-state index contributed by atoms with van der Waals surface area (Å²) in [5.41, 5.74) is 0.470. The van der Waals surface area contributed by atoms with Crippen molar-refractivity contribution in [3.8, 4) is 0 Å². The predicted molar refractivity (Wildman–Crippen MR) is 95.1 cm³/mol. The quantitative estimate of drug-likeness (QED) is 0.854. The number of aromatic nitrogens is 3. The Morgan fingerprint density at radius 1 is 1.32 bits per heavy atom. The molecule has 0 bridgehead atoms. The lowest BCUT2D eigenvalue weighted by Gasteiger charge is -2.34. The lowest BCUT2D eigenvalue weighted by atomic mass is 9.73. The molecule has 1 atom stereocenters. The second kappa shape index (κ2) is 7.72. The maximum atomic E-state index is 12.2. The fraction of sp³-hybridized carbons (Fsp3) is 0.833. The van der Waals surface area contributed by atoms with Crippen LogP contribution in [0.5, 0.6) is 0 Å². The molecule has 1 aromatic heterocycles. The number of fused-ring (bicyclic) bond motifs is 1. The van der Waals surface area contributed by atoms with Gasteiger partial charge in [-0.15, -0.1) is 0 Å². The standard InChI is InChI=1S/C18H31N5O2/c1-18(2)8-6-13(7-9-18)10-19-17(24)20-14-4-5-16-21-15(12-25-3)22-23(16)11-14/h13-14H,4-12H2,1-3H3,(H2,19,20,24)/t14-/m0/s1. The Hall–Kier alpha value is -1.63. The number of nitrogens with zero attached hydrogens (tertiary/aromatic N) is 3. The molecule has 7 nitrogen and oxygen atoms in total. The highest BCUT2D eigenvalue weighted by molar-refractivity contribution is 5.74. The van der Waals surface area contributed by atoms with Crippen LogP contribution in [-0.2, 0) is 24.3 Å². The SMILES string of the molecule is COCc1nc2n(n1)C[C@@H](NC(=O)NCC1CCC(C)(C)CC1)CC2. The molecule has 1 aliphatic carbocycles. The van der Waals surface area contributed by atoms with Gasteiger partial charge in [-0.1, -0.05) is 13.8 Å². The molecule has 140 valence electrons. The normalized spacial score (nSPS) is 23.1. The summed E-state index contributed by atoms with van der Waals surface area (Å²) in [5, 5.41) is 10.6. The Morgan fingerprint density at radius 2 is 2.08 bits per heavy atom. The average molecular weight is 349 g/mol. The van der Waals surface area contributed by atoms with Crippen LogP contribution in [0.3, 0.4) is 0 Å². The van der Waals surface area contributed by atoms with Crippen LogP contribution in [0, 0.1) is 11.3 Å². The molecule has 1 saturated carbocycles. The molecule has 1 aromatic rings. The van der Waals surface area contributed by atoms with Gasteiger partial charge < -0.3 is 15.4 Å². The van der Waals surface area contributed by atoms with Crippen LogP contribution in [-0.4, -0.2) is 40.5 Å². The summed E-state index contributed by atoms with van der Waals surface area (Å²) >= 11 is 0. The van der Waals surface area contributed by atoms with E-state index in [1.807, 2.05) is 4.68 Å². The number of rotatable bonds is 5. The minimum atomic E-state index is -0.0597. The maximum absolute atomic E-state index is 12.2. The molecule has 7 heteroatoms. The molecular formula is C18H31N5O2. The van der Waals surface area contributed by atoms with Crippen molar-refractivity contribution in [1.29, 1.82) is 0 Å². The molecule has 0 saturated heterocycles. The minimum Gasteiger partial charge on any atom is -0.377 e. The molecule has 0 radical (unpaired) electrons. The number of nitrogens with one attached hydrogen (secondary N) is 2. The zero-order chi connectivity index (χ0) is 17.9. The van der Waals surface area contributed by atoms with Gasteiger partial charge in [-0.25, -0.2) is 14.5 Å². The van der Waals surface area contributed by atoms with E-state index in [-0.39, 0.29) is 12.1 Å². The third-order valence-corrected chi connectivity index (χ3v) is 5.52. The molecule has 0 unspecified atom stereocenters. The number of methoxy groups -OCH3 is 1. The topological polar surface area (TPSA) is 81.1 Å². The Labute approximate surface area is 149 Å². The van der Waals surface area contributed by atoms with Crippen molar-refractivity contribution in [2.45, 2.75) is 71.6 Å². The van der Waals surface area contributed by atoms with Crippen LogP contribution in [0.1, 0.15) is 57.6 Å². The number of urea groups is 1. The van der Waals surface area contributed by atoms with Crippen molar-refractivity contribution in [3.63, 3.8) is 0 Å². The summed E-state index contributed by atoms with van der Waals surface area (Å²) < 4.78 is 6.98. The van der Waals surface area contributed by atoms with Gasteiger partial charge in [0.2, 0.25) is 0 Å². The molecule has 0 aromatic carbocycles. The van der Waals surface area contributed by atoms with E-state index in [1.54, 1.807) is 7.11 Å². The van der Waals surface area contributed by atoms with Gasteiger partial charge >= 0.3 is 6.03 Å². The summed E-state index contributed by atoms with van der Waals surface area (Å²) in [4.78, 5) is 16.7. The highest BCUT2D eigenvalue weighted by Crippen LogP contribution is 2.37. The van der Waals surface area contributed by atoms with Gasteiger partial charge in [0.25, 0.3) is 0 Å². The molecule has 2 aliphatic rings. The molecule has 2 N–H and O–H groups in total. The molecule has 2 heterocycles. The second-order valence-corrected chi connectivity index (χ2v) is 8.26. The van der Waals surface area contributed by atoms with E-state index in [1.165, 1.54) is 25.7 Å². The van der Waals surface area contributed by atoms with Gasteiger partial charge in [-0.05, 0) is 43.4 Å². The largest absolute Gasteiger partial charge is 0.377 e. The van der Waals surface area contributed by atoms with E-state index in [4.69, 9.17) is 4.74 Å². The van der Waals surface area contributed by atoms with Crippen LogP contribution in [0.2, 0.25) is 0 Å². The van der Waals surface area contributed by atoms with Crippen molar-refractivity contribution in [3.05, 3.63) is 11.6 Å². The first-order chi connectivity index (χ1) is 11.9. The number of amides is 2. The fourth-order valence-electron chi connectivity index (χ4n) is 3.81. The van der Waals surface area contributed by atoms with Crippen LogP contribution in [0.25, 0.3) is 0 Å². The van der Waals surface area contributed by atoms with Crippen LogP contribution in [0.15, 0.2) is 0 Å². The zero-order valence-corrected chi connectivity index (χ0v) is 15.7. The number of carbonyl (C=O) groups excluding carboxylic acids is 1. The highest BCUT2D eigenvalue weighted by atomic mass is 16.5. The molecule has 0 spiro atoms. The third kappa shape index (κ3) is 4.93. The zero-order valence-electron chi connectivity index (χ0n) is 15.7. The smallest absolute Gasteiger partial charge is 0.315 e. The second-order valence-electron chi connectivity index (χ2n) is 8.26. The van der Waals surface area contributed by atoms with E-state index in [2.05, 4.69) is 34.6 Å². The molecule has 1 fully saturated rings. The highest BCUT2D eigenvalue weighted by Gasteiger charge is 2.27. The molecule has 3 rings (SSSR count). The number of carbonyl (C=O) groups is 1. The number of hydrogen-bond donors (Lipinski definition) is 2. The van der Waals surface area contributed by atoms with Gasteiger partial charge in [0.15, 0.2) is 5.82 Å². The molecule has 2 amide bonds. The number of hydrogen-bond acceptors (Lipinski definition) is 4. The van der Waals surface area contributed by atoms with E-state index < -0.39 is 0 Å². The van der Waals surface area contributed by atoms with E-state index in [0.717, 1.165) is 25.2 Å². The monoisotopic (exact) mass is 349 g/mol. The maximum Gasteiger partial charge on any atom is 0.315 e. The van der Waals surface area contributed by atoms with Crippen molar-refractivity contribution >= 4 is 6.03 Å². The Kier molecular flexibility index (Phi) is 5.61. The van der Waals surface area contributed by atoms with E-state index in [0.29, 0.717) is 30.3 Å².